The summed E-state index contributed by atoms with van der Waals surface area (Å²) in [6.45, 7) is 5.36. The predicted molar refractivity (Wildman–Crippen MR) is 205 cm³/mol. The third kappa shape index (κ3) is 6.74. The lowest BCUT2D eigenvalue weighted by Gasteiger charge is -2.36. The standard InChI is InChI=1S/C40H38FN9O4S/c41-32-21-27(20-30-31(32)23-50(38(30)53)36(37(52)45-39-42-12-19-55-39)35-33-2-1-13-48(33)24-43-35)26-5-9-28(10-6-26)47-17-15-46(16-18-47)22-25-3-7-29(8-4-25)49-14-11-34(51)44-40(49)54/h3-10,12,19-21,24,36H,1-2,11,13-18,22-23H2,(H,42,45,52)(H,44,51,54). The number of carbonyl (C=O) groups excluding carboxylic acids is 4. The van der Waals surface area contributed by atoms with Gasteiger partial charge in [-0.1, -0.05) is 24.3 Å². The molecule has 4 aliphatic rings. The molecule has 0 aliphatic carbocycles. The van der Waals surface area contributed by atoms with Gasteiger partial charge in [0.05, 0.1) is 18.6 Å². The van der Waals surface area contributed by atoms with Crippen molar-refractivity contribution in [2.75, 3.05) is 47.8 Å². The van der Waals surface area contributed by atoms with Gasteiger partial charge < -0.3 is 14.4 Å². The second-order valence-corrected chi connectivity index (χ2v) is 15.1. The van der Waals surface area contributed by atoms with Gasteiger partial charge in [-0.2, -0.15) is 0 Å². The largest absolute Gasteiger partial charge is 0.369 e. The van der Waals surface area contributed by atoms with Crippen LogP contribution in [-0.2, 0) is 35.6 Å². The Morgan fingerprint density at radius 2 is 1.67 bits per heavy atom. The molecule has 15 heteroatoms. The van der Waals surface area contributed by atoms with Crippen molar-refractivity contribution < 1.29 is 23.6 Å². The van der Waals surface area contributed by atoms with Crippen molar-refractivity contribution in [2.24, 2.45) is 0 Å². The lowest BCUT2D eigenvalue weighted by atomic mass is 9.99. The first kappa shape index (κ1) is 34.8. The molecule has 9 rings (SSSR count). The Balaban J connectivity index is 0.858. The van der Waals surface area contributed by atoms with Crippen molar-refractivity contribution in [1.82, 2.24) is 29.7 Å². The Labute approximate surface area is 320 Å². The fraction of sp³-hybridized carbons (Fsp3) is 0.300. The Hall–Kier alpha value is -5.93. The van der Waals surface area contributed by atoms with Gasteiger partial charge in [0.1, 0.15) is 5.82 Å². The summed E-state index contributed by atoms with van der Waals surface area (Å²) >= 11 is 1.28. The SMILES string of the molecule is O=C1CCN(c2ccc(CN3CCN(c4ccc(-c5cc(F)c6c(c5)C(=O)N(C(C(=O)Nc5nccs5)c5ncn7c5CCC7)C6)cc4)CC3)cc2)C(=O)N1. The summed E-state index contributed by atoms with van der Waals surface area (Å²) in [5.74, 6) is -1.57. The van der Waals surface area contributed by atoms with E-state index in [1.807, 2.05) is 53.1 Å². The monoisotopic (exact) mass is 759 g/mol. The summed E-state index contributed by atoms with van der Waals surface area (Å²) in [5, 5.41) is 7.38. The van der Waals surface area contributed by atoms with Gasteiger partial charge in [-0.15, -0.1) is 11.3 Å². The molecule has 5 amide bonds. The van der Waals surface area contributed by atoms with Crippen molar-refractivity contribution in [2.45, 2.75) is 44.9 Å². The predicted octanol–water partition coefficient (Wildman–Crippen LogP) is 5.20. The molecule has 5 aromatic rings. The van der Waals surface area contributed by atoms with Crippen molar-refractivity contribution in [3.8, 4) is 11.1 Å². The molecule has 0 spiro atoms. The normalized spacial score (nSPS) is 17.7. The van der Waals surface area contributed by atoms with Gasteiger partial charge in [0.15, 0.2) is 11.2 Å². The molecule has 2 aromatic heterocycles. The summed E-state index contributed by atoms with van der Waals surface area (Å²) in [6.07, 6.45) is 5.28. The quantitative estimate of drug-likeness (QED) is 0.210. The highest BCUT2D eigenvalue weighted by atomic mass is 32.1. The zero-order valence-corrected chi connectivity index (χ0v) is 30.7. The van der Waals surface area contributed by atoms with Gasteiger partial charge in [0.2, 0.25) is 5.91 Å². The van der Waals surface area contributed by atoms with Gasteiger partial charge in [0, 0.05) is 92.0 Å². The van der Waals surface area contributed by atoms with E-state index in [4.69, 9.17) is 0 Å². The highest BCUT2D eigenvalue weighted by Gasteiger charge is 2.42. The minimum atomic E-state index is -1.04. The molecule has 1 atom stereocenters. The Morgan fingerprint density at radius 1 is 0.891 bits per heavy atom. The summed E-state index contributed by atoms with van der Waals surface area (Å²) < 4.78 is 17.9. The molecular formula is C40H38FN9O4S. The number of anilines is 3. The van der Waals surface area contributed by atoms with Crippen LogP contribution in [0, 0.1) is 5.82 Å². The number of imidazole rings is 1. The number of aryl methyl sites for hydroxylation is 1. The first-order chi connectivity index (χ1) is 26.8. The molecule has 55 heavy (non-hydrogen) atoms. The highest BCUT2D eigenvalue weighted by molar-refractivity contribution is 7.13. The van der Waals surface area contributed by atoms with Crippen LogP contribution in [0.3, 0.4) is 0 Å². The zero-order valence-electron chi connectivity index (χ0n) is 29.9. The summed E-state index contributed by atoms with van der Waals surface area (Å²) in [5.41, 5.74) is 6.33. The maximum Gasteiger partial charge on any atom is 0.328 e. The number of halogens is 1. The minimum Gasteiger partial charge on any atom is -0.369 e. The molecule has 2 saturated heterocycles. The average molecular weight is 760 g/mol. The molecule has 3 aromatic carbocycles. The number of aromatic nitrogens is 3. The number of urea groups is 1. The molecule has 13 nitrogen and oxygen atoms in total. The maximum absolute atomic E-state index is 15.9. The lowest BCUT2D eigenvalue weighted by Crippen LogP contribution is -2.49. The van der Waals surface area contributed by atoms with Gasteiger partial charge in [-0.3, -0.25) is 34.8 Å². The van der Waals surface area contributed by atoms with E-state index in [1.165, 1.54) is 22.3 Å². The Bertz CT molecular complexity index is 2290. The third-order valence-corrected chi connectivity index (χ3v) is 11.6. The van der Waals surface area contributed by atoms with E-state index in [1.54, 1.807) is 28.9 Å². The van der Waals surface area contributed by atoms with Crippen LogP contribution in [0.5, 0.6) is 0 Å². The van der Waals surface area contributed by atoms with Crippen LogP contribution in [0.15, 0.2) is 78.6 Å². The van der Waals surface area contributed by atoms with E-state index >= 15 is 4.39 Å². The third-order valence-electron chi connectivity index (χ3n) is 10.9. The molecule has 2 N–H and O–H groups in total. The molecule has 1 unspecified atom stereocenters. The van der Waals surface area contributed by atoms with E-state index < -0.39 is 23.7 Å². The molecule has 0 bridgehead atoms. The number of fused-ring (bicyclic) bond motifs is 2. The van der Waals surface area contributed by atoms with E-state index in [-0.39, 0.29) is 29.6 Å². The van der Waals surface area contributed by atoms with Crippen molar-refractivity contribution >= 4 is 51.6 Å². The number of nitrogens with zero attached hydrogens (tertiary/aromatic N) is 7. The number of benzene rings is 3. The van der Waals surface area contributed by atoms with E-state index in [0.29, 0.717) is 29.4 Å². The number of thiazole rings is 1. The van der Waals surface area contributed by atoms with Crippen molar-refractivity contribution in [1.29, 1.82) is 0 Å². The van der Waals surface area contributed by atoms with Crippen LogP contribution in [0.25, 0.3) is 11.1 Å². The summed E-state index contributed by atoms with van der Waals surface area (Å²) in [6, 6.07) is 17.7. The van der Waals surface area contributed by atoms with E-state index in [2.05, 4.69) is 30.4 Å². The summed E-state index contributed by atoms with van der Waals surface area (Å²) in [4.78, 5) is 68.1. The minimum absolute atomic E-state index is 0.0424. The smallest absolute Gasteiger partial charge is 0.328 e. The maximum atomic E-state index is 15.9. The fourth-order valence-electron chi connectivity index (χ4n) is 8.04. The molecular weight excluding hydrogens is 722 g/mol. The first-order valence-corrected chi connectivity index (χ1v) is 19.3. The van der Waals surface area contributed by atoms with E-state index in [0.717, 1.165) is 80.3 Å². The zero-order chi connectivity index (χ0) is 37.6. The van der Waals surface area contributed by atoms with Crippen molar-refractivity contribution in [3.63, 3.8) is 0 Å². The number of hydrogen-bond donors (Lipinski definition) is 2. The molecule has 2 fully saturated rings. The van der Waals surface area contributed by atoms with E-state index in [9.17, 15) is 19.2 Å². The molecule has 0 radical (unpaired) electrons. The topological polar surface area (TPSA) is 136 Å². The Kier molecular flexibility index (Phi) is 9.10. The highest BCUT2D eigenvalue weighted by Crippen LogP contribution is 2.38. The van der Waals surface area contributed by atoms with Crippen LogP contribution in [0.1, 0.15) is 51.8 Å². The molecule has 6 heterocycles. The molecule has 4 aliphatic heterocycles. The van der Waals surface area contributed by atoms with Crippen LogP contribution < -0.4 is 20.4 Å². The number of hydrogen-bond acceptors (Lipinski definition) is 9. The number of imide groups is 1. The second-order valence-electron chi connectivity index (χ2n) is 14.3. The van der Waals surface area contributed by atoms with Crippen LogP contribution >= 0.6 is 11.3 Å². The van der Waals surface area contributed by atoms with Crippen LogP contribution in [0.4, 0.5) is 25.7 Å². The number of amides is 5. The average Bonchev–Trinajstić information content (AvgIpc) is 4.01. The number of carbonyl (C=O) groups is 4. The Morgan fingerprint density at radius 3 is 2.42 bits per heavy atom. The van der Waals surface area contributed by atoms with Gasteiger partial charge in [-0.25, -0.2) is 19.2 Å². The fourth-order valence-corrected chi connectivity index (χ4v) is 8.58. The van der Waals surface area contributed by atoms with Gasteiger partial charge in [0.25, 0.3) is 11.8 Å². The molecule has 0 saturated carbocycles. The van der Waals surface area contributed by atoms with Gasteiger partial charge in [-0.05, 0) is 65.9 Å². The van der Waals surface area contributed by atoms with Crippen LogP contribution in [-0.4, -0.2) is 80.8 Å². The molecule has 280 valence electrons. The first-order valence-electron chi connectivity index (χ1n) is 18.4. The van der Waals surface area contributed by atoms with Crippen LogP contribution in [0.2, 0.25) is 0 Å². The second kappa shape index (κ2) is 14.4. The number of piperazine rings is 1. The lowest BCUT2D eigenvalue weighted by molar-refractivity contribution is -0.121. The number of nitrogens with one attached hydrogen (secondary N) is 2. The van der Waals surface area contributed by atoms with Gasteiger partial charge >= 0.3 is 6.03 Å². The number of rotatable bonds is 9. The van der Waals surface area contributed by atoms with Crippen molar-refractivity contribution in [3.05, 3.63) is 112 Å². The summed E-state index contributed by atoms with van der Waals surface area (Å²) in [7, 11) is 0.